The summed E-state index contributed by atoms with van der Waals surface area (Å²) in [6.07, 6.45) is 0.984. The van der Waals surface area contributed by atoms with Crippen molar-refractivity contribution < 1.29 is 4.74 Å². The van der Waals surface area contributed by atoms with Gasteiger partial charge in [0.1, 0.15) is 12.4 Å². The zero-order chi connectivity index (χ0) is 16.9. The lowest BCUT2D eigenvalue weighted by Crippen LogP contribution is -2.25. The predicted octanol–water partition coefficient (Wildman–Crippen LogP) is 4.13. The number of hydrazine groups is 1. The van der Waals surface area contributed by atoms with Crippen LogP contribution in [0.15, 0.2) is 59.8 Å². The lowest BCUT2D eigenvalue weighted by atomic mass is 9.96. The highest BCUT2D eigenvalue weighted by Crippen LogP contribution is 2.24. The molecule has 3 heteroatoms. The van der Waals surface area contributed by atoms with Crippen LogP contribution in [-0.2, 0) is 13.0 Å². The van der Waals surface area contributed by atoms with Gasteiger partial charge in [0.2, 0.25) is 0 Å². The molecule has 0 saturated carbocycles. The molecule has 2 aromatic carbocycles. The quantitative estimate of drug-likeness (QED) is 0.839. The maximum atomic E-state index is 5.92. The number of ether oxygens (including phenoxy) is 1. The zero-order valence-corrected chi connectivity index (χ0v) is 14.7. The Morgan fingerprint density at radius 3 is 2.58 bits per heavy atom. The first-order valence-electron chi connectivity index (χ1n) is 8.60. The van der Waals surface area contributed by atoms with Crippen LogP contribution in [0.4, 0.5) is 0 Å². The van der Waals surface area contributed by atoms with Gasteiger partial charge in [0.25, 0.3) is 0 Å². The first-order chi connectivity index (χ1) is 11.6. The van der Waals surface area contributed by atoms with Gasteiger partial charge >= 0.3 is 0 Å². The van der Waals surface area contributed by atoms with Gasteiger partial charge in [-0.05, 0) is 53.7 Å². The van der Waals surface area contributed by atoms with Crippen molar-refractivity contribution in [2.24, 2.45) is 5.92 Å². The second-order valence-corrected chi connectivity index (χ2v) is 6.69. The smallest absolute Gasteiger partial charge is 0.120 e. The molecular weight excluding hydrogens is 296 g/mol. The lowest BCUT2D eigenvalue weighted by molar-refractivity contribution is 0.306. The van der Waals surface area contributed by atoms with E-state index >= 15 is 0 Å². The van der Waals surface area contributed by atoms with Gasteiger partial charge in [-0.15, -0.1) is 0 Å². The number of hydrogen-bond donors (Lipinski definition) is 2. The van der Waals surface area contributed by atoms with E-state index in [1.165, 1.54) is 28.0 Å². The van der Waals surface area contributed by atoms with E-state index in [1.807, 2.05) is 18.2 Å². The van der Waals surface area contributed by atoms with Gasteiger partial charge < -0.3 is 10.2 Å². The van der Waals surface area contributed by atoms with Crippen molar-refractivity contribution in [1.82, 2.24) is 10.9 Å². The van der Waals surface area contributed by atoms with Gasteiger partial charge in [0.05, 0.1) is 0 Å². The van der Waals surface area contributed by atoms with Crippen molar-refractivity contribution in [2.75, 3.05) is 6.54 Å². The van der Waals surface area contributed by atoms with E-state index in [1.54, 1.807) is 0 Å². The summed E-state index contributed by atoms with van der Waals surface area (Å²) in [5.41, 5.74) is 13.2. The molecule has 3 rings (SSSR count). The largest absolute Gasteiger partial charge is 0.489 e. The van der Waals surface area contributed by atoms with Crippen LogP contribution < -0.4 is 15.6 Å². The highest BCUT2D eigenvalue weighted by molar-refractivity contribution is 5.38. The van der Waals surface area contributed by atoms with E-state index in [-0.39, 0.29) is 0 Å². The Labute approximate surface area is 144 Å². The second kappa shape index (κ2) is 7.54. The lowest BCUT2D eigenvalue weighted by Gasteiger charge is -2.13. The number of nitrogens with one attached hydrogen (secondary N) is 2. The minimum absolute atomic E-state index is 0.517. The molecule has 0 atom stereocenters. The minimum atomic E-state index is 0.517. The molecule has 0 saturated heterocycles. The Kier molecular flexibility index (Phi) is 5.21. The van der Waals surface area contributed by atoms with Crippen molar-refractivity contribution in [3.63, 3.8) is 0 Å². The molecule has 1 aliphatic rings. The number of allylic oxidation sites excluding steroid dienone is 1. The van der Waals surface area contributed by atoms with E-state index < -0.39 is 0 Å². The van der Waals surface area contributed by atoms with Gasteiger partial charge in [-0.3, -0.25) is 0 Å². The van der Waals surface area contributed by atoms with Gasteiger partial charge in [0.15, 0.2) is 0 Å². The molecule has 126 valence electrons. The Bertz CT molecular complexity index is 720. The van der Waals surface area contributed by atoms with Crippen LogP contribution in [-0.4, -0.2) is 6.54 Å². The van der Waals surface area contributed by atoms with Crippen molar-refractivity contribution in [1.29, 1.82) is 0 Å². The fourth-order valence-electron chi connectivity index (χ4n) is 3.07. The summed E-state index contributed by atoms with van der Waals surface area (Å²) in [5.74, 6) is 1.45. The molecule has 0 unspecified atom stereocenters. The minimum Gasteiger partial charge on any atom is -0.489 e. The van der Waals surface area contributed by atoms with E-state index in [9.17, 15) is 0 Å². The standard InChI is InChI=1S/C21H26N2O/c1-15(2)21-19(13-22-23-21)12-18-9-10-20(11-16(18)3)24-14-17-7-5-4-6-8-17/h4-11,15,22-23H,12-14H2,1-3H3. The zero-order valence-electron chi connectivity index (χ0n) is 14.7. The molecule has 0 spiro atoms. The SMILES string of the molecule is Cc1cc(OCc2ccccc2)ccc1CC1=C(C(C)C)NNC1. The van der Waals surface area contributed by atoms with E-state index in [0.717, 1.165) is 18.7 Å². The van der Waals surface area contributed by atoms with Gasteiger partial charge in [-0.2, -0.15) is 0 Å². The summed E-state index contributed by atoms with van der Waals surface area (Å²) >= 11 is 0. The third kappa shape index (κ3) is 3.98. The number of benzene rings is 2. The Morgan fingerprint density at radius 1 is 1.08 bits per heavy atom. The van der Waals surface area contributed by atoms with Crippen LogP contribution in [0.3, 0.4) is 0 Å². The third-order valence-corrected chi connectivity index (χ3v) is 4.45. The van der Waals surface area contributed by atoms with Crippen LogP contribution in [0.5, 0.6) is 5.75 Å². The van der Waals surface area contributed by atoms with Crippen molar-refractivity contribution >= 4 is 0 Å². The fourth-order valence-corrected chi connectivity index (χ4v) is 3.07. The van der Waals surface area contributed by atoms with Crippen LogP contribution >= 0.6 is 0 Å². The molecule has 24 heavy (non-hydrogen) atoms. The van der Waals surface area contributed by atoms with Crippen LogP contribution in [0.1, 0.15) is 30.5 Å². The summed E-state index contributed by atoms with van der Waals surface area (Å²) in [5, 5.41) is 0. The molecule has 2 aromatic rings. The molecule has 0 radical (unpaired) electrons. The summed E-state index contributed by atoms with van der Waals surface area (Å²) < 4.78 is 5.92. The number of hydrogen-bond acceptors (Lipinski definition) is 3. The first-order valence-corrected chi connectivity index (χ1v) is 8.60. The molecule has 0 amide bonds. The Hall–Kier alpha value is -2.26. The molecular formula is C21H26N2O. The van der Waals surface area contributed by atoms with Gasteiger partial charge in [-0.1, -0.05) is 50.2 Å². The van der Waals surface area contributed by atoms with E-state index in [4.69, 9.17) is 4.74 Å². The van der Waals surface area contributed by atoms with E-state index in [0.29, 0.717) is 12.5 Å². The van der Waals surface area contributed by atoms with Crippen molar-refractivity contribution in [2.45, 2.75) is 33.8 Å². The average molecular weight is 322 g/mol. The van der Waals surface area contributed by atoms with Crippen molar-refractivity contribution in [3.8, 4) is 5.75 Å². The monoisotopic (exact) mass is 322 g/mol. The highest BCUT2D eigenvalue weighted by atomic mass is 16.5. The Balaban J connectivity index is 1.68. The van der Waals surface area contributed by atoms with E-state index in [2.05, 4.69) is 62.0 Å². The molecule has 2 N–H and O–H groups in total. The number of aryl methyl sites for hydroxylation is 1. The molecule has 0 aromatic heterocycles. The summed E-state index contributed by atoms with van der Waals surface area (Å²) in [6.45, 7) is 8.14. The summed E-state index contributed by atoms with van der Waals surface area (Å²) in [4.78, 5) is 0. The predicted molar refractivity (Wildman–Crippen MR) is 98.7 cm³/mol. The van der Waals surface area contributed by atoms with Crippen molar-refractivity contribution in [3.05, 3.63) is 76.5 Å². The molecule has 0 aliphatic carbocycles. The summed E-state index contributed by atoms with van der Waals surface area (Å²) in [6, 6.07) is 16.7. The van der Waals surface area contributed by atoms with Gasteiger partial charge in [-0.25, -0.2) is 5.43 Å². The molecule has 0 fully saturated rings. The molecule has 1 aliphatic heterocycles. The first kappa shape index (κ1) is 16.6. The average Bonchev–Trinajstić information content (AvgIpc) is 3.05. The third-order valence-electron chi connectivity index (χ3n) is 4.45. The Morgan fingerprint density at radius 2 is 1.88 bits per heavy atom. The second-order valence-electron chi connectivity index (χ2n) is 6.69. The van der Waals surface area contributed by atoms with Crippen LogP contribution in [0.25, 0.3) is 0 Å². The topological polar surface area (TPSA) is 33.3 Å². The number of rotatable bonds is 6. The van der Waals surface area contributed by atoms with Crippen LogP contribution in [0.2, 0.25) is 0 Å². The normalized spacial score (nSPS) is 14.2. The summed E-state index contributed by atoms with van der Waals surface area (Å²) in [7, 11) is 0. The maximum absolute atomic E-state index is 5.92. The molecule has 3 nitrogen and oxygen atoms in total. The maximum Gasteiger partial charge on any atom is 0.120 e. The molecule has 0 bridgehead atoms. The molecule has 1 heterocycles. The highest BCUT2D eigenvalue weighted by Gasteiger charge is 2.17. The van der Waals surface area contributed by atoms with Crippen LogP contribution in [0, 0.1) is 12.8 Å². The fraction of sp³-hybridized carbons (Fsp3) is 0.333. The van der Waals surface area contributed by atoms with Gasteiger partial charge in [0, 0.05) is 12.2 Å².